The molecule has 26 heavy (non-hydrogen) atoms. The van der Waals surface area contributed by atoms with Gasteiger partial charge in [-0.15, -0.1) is 0 Å². The van der Waals surface area contributed by atoms with Crippen molar-refractivity contribution in [3.8, 4) is 22.8 Å². The number of H-pyrrole nitrogens is 1. The molecule has 138 valence electrons. The van der Waals surface area contributed by atoms with Gasteiger partial charge in [0.1, 0.15) is 5.69 Å². The Morgan fingerprint density at radius 3 is 2.77 bits per heavy atom. The van der Waals surface area contributed by atoms with Gasteiger partial charge in [-0.2, -0.15) is 5.10 Å². The predicted molar refractivity (Wildman–Crippen MR) is 94.2 cm³/mol. The molecule has 2 aliphatic heterocycles. The van der Waals surface area contributed by atoms with Crippen LogP contribution >= 0.6 is 0 Å². The topological polar surface area (TPSA) is 90.9 Å². The highest BCUT2D eigenvalue weighted by Crippen LogP contribution is 2.35. The van der Waals surface area contributed by atoms with Crippen LogP contribution in [0.1, 0.15) is 17.4 Å². The molecule has 8 heteroatoms. The molecule has 1 amide bonds. The molecule has 0 bridgehead atoms. The largest absolute Gasteiger partial charge is 0.454 e. The van der Waals surface area contributed by atoms with Crippen LogP contribution in [0.3, 0.4) is 0 Å². The number of aliphatic hydroxyl groups is 1. The molecule has 0 unspecified atom stereocenters. The van der Waals surface area contributed by atoms with E-state index in [4.69, 9.17) is 9.47 Å². The van der Waals surface area contributed by atoms with Crippen LogP contribution in [0.5, 0.6) is 11.5 Å². The Morgan fingerprint density at radius 2 is 2.00 bits per heavy atom. The quantitative estimate of drug-likeness (QED) is 0.845. The highest BCUT2D eigenvalue weighted by Gasteiger charge is 2.24. The third kappa shape index (κ3) is 3.38. The molecule has 2 aliphatic rings. The van der Waals surface area contributed by atoms with Crippen molar-refractivity contribution in [3.63, 3.8) is 0 Å². The van der Waals surface area contributed by atoms with E-state index < -0.39 is 0 Å². The van der Waals surface area contributed by atoms with Crippen molar-refractivity contribution in [2.75, 3.05) is 39.5 Å². The van der Waals surface area contributed by atoms with Gasteiger partial charge in [0.15, 0.2) is 11.5 Å². The van der Waals surface area contributed by atoms with Crippen LogP contribution < -0.4 is 9.47 Å². The number of fused-ring (bicyclic) bond motifs is 1. The SMILES string of the molecule is C[C@H](O)CN1CCN(C(=O)c2cc(-c3ccc4c(c3)OCO4)n[nH]2)CC1. The summed E-state index contributed by atoms with van der Waals surface area (Å²) in [5, 5.41) is 16.6. The Labute approximate surface area is 151 Å². The van der Waals surface area contributed by atoms with Crippen molar-refractivity contribution < 1.29 is 19.4 Å². The summed E-state index contributed by atoms with van der Waals surface area (Å²) in [6.07, 6.45) is -0.353. The van der Waals surface area contributed by atoms with Crippen LogP contribution in [0, 0.1) is 0 Å². The third-order valence-corrected chi connectivity index (χ3v) is 4.66. The number of hydrogen-bond acceptors (Lipinski definition) is 6. The Balaban J connectivity index is 1.42. The number of piperazine rings is 1. The van der Waals surface area contributed by atoms with E-state index in [0.29, 0.717) is 36.8 Å². The molecule has 1 aromatic heterocycles. The van der Waals surface area contributed by atoms with Gasteiger partial charge in [0.2, 0.25) is 6.79 Å². The second-order valence-corrected chi connectivity index (χ2v) is 6.68. The van der Waals surface area contributed by atoms with Crippen molar-refractivity contribution >= 4 is 5.91 Å². The Kier molecular flexibility index (Phi) is 4.52. The number of nitrogens with one attached hydrogen (secondary N) is 1. The molecular weight excluding hydrogens is 336 g/mol. The third-order valence-electron chi connectivity index (χ3n) is 4.66. The first-order chi connectivity index (χ1) is 12.6. The van der Waals surface area contributed by atoms with Gasteiger partial charge in [-0.05, 0) is 31.2 Å². The zero-order chi connectivity index (χ0) is 18.1. The fourth-order valence-electron chi connectivity index (χ4n) is 3.31. The minimum Gasteiger partial charge on any atom is -0.454 e. The molecule has 1 aromatic carbocycles. The standard InChI is InChI=1S/C18H22N4O4/c1-12(23)10-21-4-6-22(7-5-21)18(24)15-9-14(19-20-15)13-2-3-16-17(8-13)26-11-25-16/h2-3,8-9,12,23H,4-7,10-11H2,1H3,(H,19,20)/t12-/m0/s1. The second kappa shape index (κ2) is 6.97. The fourth-order valence-corrected chi connectivity index (χ4v) is 3.31. The molecule has 3 heterocycles. The van der Waals surface area contributed by atoms with Crippen molar-refractivity contribution in [2.45, 2.75) is 13.0 Å². The van der Waals surface area contributed by atoms with Crippen molar-refractivity contribution in [1.29, 1.82) is 0 Å². The highest BCUT2D eigenvalue weighted by atomic mass is 16.7. The molecule has 1 saturated heterocycles. The number of hydrogen-bond donors (Lipinski definition) is 2. The van der Waals surface area contributed by atoms with Gasteiger partial charge in [-0.25, -0.2) is 0 Å². The number of nitrogens with zero attached hydrogens (tertiary/aromatic N) is 3. The molecule has 2 N–H and O–H groups in total. The van der Waals surface area contributed by atoms with E-state index in [1.54, 1.807) is 13.0 Å². The maximum absolute atomic E-state index is 12.7. The number of aromatic nitrogens is 2. The summed E-state index contributed by atoms with van der Waals surface area (Å²) in [4.78, 5) is 16.7. The van der Waals surface area contributed by atoms with Gasteiger partial charge in [0.05, 0.1) is 11.8 Å². The van der Waals surface area contributed by atoms with Crippen LogP contribution in [0.15, 0.2) is 24.3 Å². The van der Waals surface area contributed by atoms with Gasteiger partial charge < -0.3 is 19.5 Å². The number of carbonyl (C=O) groups is 1. The lowest BCUT2D eigenvalue weighted by molar-refractivity contribution is 0.0549. The Bertz CT molecular complexity index is 796. The number of ether oxygens (including phenoxy) is 2. The van der Waals surface area contributed by atoms with Crippen molar-refractivity contribution in [1.82, 2.24) is 20.0 Å². The van der Waals surface area contributed by atoms with Crippen molar-refractivity contribution in [2.24, 2.45) is 0 Å². The van der Waals surface area contributed by atoms with E-state index in [-0.39, 0.29) is 18.8 Å². The van der Waals surface area contributed by atoms with E-state index in [9.17, 15) is 9.90 Å². The van der Waals surface area contributed by atoms with E-state index in [1.807, 2.05) is 23.1 Å². The highest BCUT2D eigenvalue weighted by molar-refractivity contribution is 5.93. The van der Waals surface area contributed by atoms with Gasteiger partial charge >= 0.3 is 0 Å². The van der Waals surface area contributed by atoms with Crippen LogP contribution in [0.4, 0.5) is 0 Å². The lowest BCUT2D eigenvalue weighted by Gasteiger charge is -2.34. The molecule has 1 fully saturated rings. The molecule has 1 atom stereocenters. The molecule has 0 radical (unpaired) electrons. The fraction of sp³-hybridized carbons (Fsp3) is 0.444. The summed E-state index contributed by atoms with van der Waals surface area (Å²) < 4.78 is 10.7. The number of β-amino-alcohol motifs (C(OH)–C–C–N with tert-alkyl or cyclic N) is 1. The zero-order valence-electron chi connectivity index (χ0n) is 14.6. The summed E-state index contributed by atoms with van der Waals surface area (Å²) in [7, 11) is 0. The summed E-state index contributed by atoms with van der Waals surface area (Å²) in [5.74, 6) is 1.35. The lowest BCUT2D eigenvalue weighted by Crippen LogP contribution is -2.50. The molecule has 0 aliphatic carbocycles. The normalized spacial score (nSPS) is 18.2. The van der Waals surface area contributed by atoms with Gasteiger partial charge in [-0.3, -0.25) is 14.8 Å². The number of aromatic amines is 1. The summed E-state index contributed by atoms with van der Waals surface area (Å²) in [6.45, 7) is 5.46. The number of aliphatic hydroxyl groups excluding tert-OH is 1. The first-order valence-electron chi connectivity index (χ1n) is 8.75. The predicted octanol–water partition coefficient (Wildman–Crippen LogP) is 0.944. The summed E-state index contributed by atoms with van der Waals surface area (Å²) in [6, 6.07) is 7.37. The molecule has 8 nitrogen and oxygen atoms in total. The van der Waals surface area contributed by atoms with Crippen LogP contribution in [-0.2, 0) is 0 Å². The molecule has 0 saturated carbocycles. The second-order valence-electron chi connectivity index (χ2n) is 6.68. The summed E-state index contributed by atoms with van der Waals surface area (Å²) >= 11 is 0. The first kappa shape index (κ1) is 16.9. The van der Waals surface area contributed by atoms with Gasteiger partial charge in [0.25, 0.3) is 5.91 Å². The van der Waals surface area contributed by atoms with E-state index in [1.165, 1.54) is 0 Å². The van der Waals surface area contributed by atoms with Crippen molar-refractivity contribution in [3.05, 3.63) is 30.0 Å². The summed E-state index contributed by atoms with van der Waals surface area (Å²) in [5.41, 5.74) is 2.03. The first-order valence-corrected chi connectivity index (χ1v) is 8.75. The van der Waals surface area contributed by atoms with E-state index in [2.05, 4.69) is 15.1 Å². The van der Waals surface area contributed by atoms with E-state index in [0.717, 1.165) is 24.4 Å². The number of benzene rings is 1. The monoisotopic (exact) mass is 358 g/mol. The Morgan fingerprint density at radius 1 is 1.23 bits per heavy atom. The average Bonchev–Trinajstić information content (AvgIpc) is 3.30. The maximum Gasteiger partial charge on any atom is 0.271 e. The van der Waals surface area contributed by atoms with Crippen LogP contribution in [0.25, 0.3) is 11.3 Å². The molecule has 0 spiro atoms. The van der Waals surface area contributed by atoms with Gasteiger partial charge in [-0.1, -0.05) is 0 Å². The molecule has 2 aromatic rings. The molecular formula is C18H22N4O4. The zero-order valence-corrected chi connectivity index (χ0v) is 14.6. The number of rotatable bonds is 4. The minimum atomic E-state index is -0.353. The minimum absolute atomic E-state index is 0.0545. The average molecular weight is 358 g/mol. The Hall–Kier alpha value is -2.58. The van der Waals surface area contributed by atoms with Gasteiger partial charge in [0, 0.05) is 38.3 Å². The lowest BCUT2D eigenvalue weighted by atomic mass is 10.1. The number of carbonyl (C=O) groups excluding carboxylic acids is 1. The molecule has 4 rings (SSSR count). The van der Waals surface area contributed by atoms with E-state index >= 15 is 0 Å². The van der Waals surface area contributed by atoms with Crippen LogP contribution in [-0.4, -0.2) is 76.6 Å². The maximum atomic E-state index is 12.7. The van der Waals surface area contributed by atoms with Crippen LogP contribution in [0.2, 0.25) is 0 Å². The smallest absolute Gasteiger partial charge is 0.271 e. The number of amides is 1.